The maximum Gasteiger partial charge on any atom is 0.159 e. The summed E-state index contributed by atoms with van der Waals surface area (Å²) < 4.78 is 13.4. The molecule has 0 saturated carbocycles. The summed E-state index contributed by atoms with van der Waals surface area (Å²) in [7, 11) is 0. The second-order valence-corrected chi connectivity index (χ2v) is 5.45. The van der Waals surface area contributed by atoms with Crippen molar-refractivity contribution in [3.05, 3.63) is 47.0 Å². The topological polar surface area (TPSA) is 37.8 Å². The van der Waals surface area contributed by atoms with Gasteiger partial charge >= 0.3 is 0 Å². The van der Waals surface area contributed by atoms with Gasteiger partial charge in [-0.3, -0.25) is 0 Å². The maximum absolute atomic E-state index is 13.4. The minimum Gasteiger partial charge on any atom is -0.312 e. The lowest BCUT2D eigenvalue weighted by Gasteiger charge is -2.21. The molecule has 0 radical (unpaired) electrons. The average Bonchev–Trinajstić information content (AvgIpc) is 2.46. The van der Waals surface area contributed by atoms with Gasteiger partial charge < -0.3 is 5.32 Å². The molecule has 1 aromatic heterocycles. The minimum absolute atomic E-state index is 0.253. The van der Waals surface area contributed by atoms with Crippen LogP contribution in [0.3, 0.4) is 0 Å². The third-order valence-corrected chi connectivity index (χ3v) is 3.59. The van der Waals surface area contributed by atoms with Gasteiger partial charge in [-0.05, 0) is 18.1 Å². The molecule has 1 aliphatic rings. The fraction of sp³-hybridized carbons (Fsp3) is 0.375. The van der Waals surface area contributed by atoms with Gasteiger partial charge in [-0.1, -0.05) is 26.0 Å². The lowest BCUT2D eigenvalue weighted by molar-refractivity contribution is 0.609. The predicted octanol–water partition coefficient (Wildman–Crippen LogP) is 3.05. The molecule has 0 spiro atoms. The molecule has 3 rings (SSSR count). The number of hydrogen-bond donors (Lipinski definition) is 1. The molecule has 0 amide bonds. The van der Waals surface area contributed by atoms with Crippen LogP contribution in [0.5, 0.6) is 0 Å². The highest BCUT2D eigenvalue weighted by molar-refractivity contribution is 5.56. The predicted molar refractivity (Wildman–Crippen MR) is 76.9 cm³/mol. The largest absolute Gasteiger partial charge is 0.312 e. The Labute approximate surface area is 118 Å². The first-order valence-corrected chi connectivity index (χ1v) is 7.01. The number of nitrogens with zero attached hydrogens (tertiary/aromatic N) is 2. The van der Waals surface area contributed by atoms with Crippen LogP contribution in [0, 0.1) is 5.82 Å². The molecule has 4 heteroatoms. The number of benzene rings is 1. The van der Waals surface area contributed by atoms with Crippen molar-refractivity contribution < 1.29 is 4.39 Å². The lowest BCUT2D eigenvalue weighted by atomic mass is 9.98. The molecule has 0 atom stereocenters. The van der Waals surface area contributed by atoms with E-state index in [2.05, 4.69) is 29.1 Å². The zero-order chi connectivity index (χ0) is 14.1. The first-order valence-electron chi connectivity index (χ1n) is 7.01. The Morgan fingerprint density at radius 1 is 1.25 bits per heavy atom. The monoisotopic (exact) mass is 271 g/mol. The molecular formula is C16H18FN3. The van der Waals surface area contributed by atoms with E-state index < -0.39 is 0 Å². The van der Waals surface area contributed by atoms with Gasteiger partial charge in [-0.25, -0.2) is 14.4 Å². The van der Waals surface area contributed by atoms with E-state index in [0.29, 0.717) is 11.7 Å². The van der Waals surface area contributed by atoms with Gasteiger partial charge in [0.05, 0.1) is 11.4 Å². The van der Waals surface area contributed by atoms with Gasteiger partial charge in [0.25, 0.3) is 0 Å². The standard InChI is InChI=1S/C16H18FN3/c1-10(2)15-13-9-18-7-6-14(13)19-16(20-15)11-4-3-5-12(17)8-11/h3-5,8,10,18H,6-7,9H2,1-2H3. The molecule has 0 bridgehead atoms. The summed E-state index contributed by atoms with van der Waals surface area (Å²) in [4.78, 5) is 9.33. The molecule has 2 aromatic rings. The van der Waals surface area contributed by atoms with E-state index in [9.17, 15) is 4.39 Å². The van der Waals surface area contributed by atoms with Crippen molar-refractivity contribution in [1.82, 2.24) is 15.3 Å². The second-order valence-electron chi connectivity index (χ2n) is 5.45. The van der Waals surface area contributed by atoms with Crippen LogP contribution in [-0.4, -0.2) is 16.5 Å². The van der Waals surface area contributed by atoms with Crippen molar-refractivity contribution in [2.45, 2.75) is 32.7 Å². The first kappa shape index (κ1) is 13.2. The quantitative estimate of drug-likeness (QED) is 0.912. The molecule has 0 unspecified atom stereocenters. The summed E-state index contributed by atoms with van der Waals surface area (Å²) >= 11 is 0. The SMILES string of the molecule is CC(C)c1nc(-c2cccc(F)c2)nc2c1CNCC2. The zero-order valence-electron chi connectivity index (χ0n) is 11.8. The Hall–Kier alpha value is -1.81. The van der Waals surface area contributed by atoms with Gasteiger partial charge in [0.2, 0.25) is 0 Å². The Kier molecular flexibility index (Phi) is 3.49. The van der Waals surface area contributed by atoms with E-state index >= 15 is 0 Å². The van der Waals surface area contributed by atoms with Crippen LogP contribution in [-0.2, 0) is 13.0 Å². The van der Waals surface area contributed by atoms with Crippen LogP contribution < -0.4 is 5.32 Å². The van der Waals surface area contributed by atoms with Gasteiger partial charge in [0.15, 0.2) is 5.82 Å². The van der Waals surface area contributed by atoms with E-state index in [0.717, 1.165) is 36.5 Å². The molecule has 0 saturated heterocycles. The highest BCUT2D eigenvalue weighted by atomic mass is 19.1. The van der Waals surface area contributed by atoms with Crippen molar-refractivity contribution in [1.29, 1.82) is 0 Å². The number of fused-ring (bicyclic) bond motifs is 1. The van der Waals surface area contributed by atoms with Crippen LogP contribution in [0.2, 0.25) is 0 Å². The summed E-state index contributed by atoms with van der Waals surface area (Å²) in [6, 6.07) is 6.49. The van der Waals surface area contributed by atoms with Crippen LogP contribution in [0.4, 0.5) is 4.39 Å². The summed E-state index contributed by atoms with van der Waals surface area (Å²) in [5, 5.41) is 3.36. The average molecular weight is 271 g/mol. The first-order chi connectivity index (χ1) is 9.65. The van der Waals surface area contributed by atoms with Crippen LogP contribution in [0.1, 0.15) is 36.7 Å². The Morgan fingerprint density at radius 3 is 2.85 bits per heavy atom. The third kappa shape index (κ3) is 2.43. The van der Waals surface area contributed by atoms with Crippen molar-refractivity contribution in [3.8, 4) is 11.4 Å². The van der Waals surface area contributed by atoms with E-state index in [1.807, 2.05) is 6.07 Å². The molecule has 1 N–H and O–H groups in total. The van der Waals surface area contributed by atoms with Crippen molar-refractivity contribution >= 4 is 0 Å². The molecule has 0 fully saturated rings. The molecule has 104 valence electrons. The third-order valence-electron chi connectivity index (χ3n) is 3.59. The van der Waals surface area contributed by atoms with Gasteiger partial charge in [-0.15, -0.1) is 0 Å². The van der Waals surface area contributed by atoms with Crippen molar-refractivity contribution in [2.24, 2.45) is 0 Å². The molecule has 0 aliphatic carbocycles. The number of aromatic nitrogens is 2. The van der Waals surface area contributed by atoms with Crippen LogP contribution in [0.25, 0.3) is 11.4 Å². The molecule has 1 aromatic carbocycles. The number of rotatable bonds is 2. The summed E-state index contributed by atoms with van der Waals surface area (Å²) in [5.74, 6) is 0.712. The summed E-state index contributed by atoms with van der Waals surface area (Å²) in [6.45, 7) is 6.02. The number of nitrogens with one attached hydrogen (secondary N) is 1. The fourth-order valence-corrected chi connectivity index (χ4v) is 2.60. The highest BCUT2D eigenvalue weighted by Crippen LogP contribution is 2.26. The van der Waals surface area contributed by atoms with E-state index in [4.69, 9.17) is 0 Å². The molecule has 20 heavy (non-hydrogen) atoms. The molecule has 1 aliphatic heterocycles. The fourth-order valence-electron chi connectivity index (χ4n) is 2.60. The lowest BCUT2D eigenvalue weighted by Crippen LogP contribution is -2.27. The maximum atomic E-state index is 13.4. The van der Waals surface area contributed by atoms with Gasteiger partial charge in [0.1, 0.15) is 5.82 Å². The molecule has 3 nitrogen and oxygen atoms in total. The van der Waals surface area contributed by atoms with E-state index in [-0.39, 0.29) is 5.82 Å². The summed E-state index contributed by atoms with van der Waals surface area (Å²) in [6.07, 6.45) is 0.903. The number of halogens is 1. The van der Waals surface area contributed by atoms with Crippen molar-refractivity contribution in [2.75, 3.05) is 6.54 Å². The molecule has 2 heterocycles. The number of hydrogen-bond acceptors (Lipinski definition) is 3. The van der Waals surface area contributed by atoms with Crippen LogP contribution in [0.15, 0.2) is 24.3 Å². The van der Waals surface area contributed by atoms with Crippen LogP contribution >= 0.6 is 0 Å². The molecular weight excluding hydrogens is 253 g/mol. The Balaban J connectivity index is 2.15. The zero-order valence-corrected chi connectivity index (χ0v) is 11.8. The second kappa shape index (κ2) is 5.29. The summed E-state index contributed by atoms with van der Waals surface area (Å²) in [5.41, 5.74) is 4.13. The normalized spacial score (nSPS) is 14.4. The van der Waals surface area contributed by atoms with Gasteiger partial charge in [-0.2, -0.15) is 0 Å². The van der Waals surface area contributed by atoms with E-state index in [1.54, 1.807) is 6.07 Å². The Bertz CT molecular complexity index is 638. The smallest absolute Gasteiger partial charge is 0.159 e. The Morgan fingerprint density at radius 2 is 2.10 bits per heavy atom. The minimum atomic E-state index is -0.253. The van der Waals surface area contributed by atoms with Crippen molar-refractivity contribution in [3.63, 3.8) is 0 Å². The van der Waals surface area contributed by atoms with E-state index in [1.165, 1.54) is 17.7 Å². The highest BCUT2D eigenvalue weighted by Gasteiger charge is 2.19. The van der Waals surface area contributed by atoms with Gasteiger partial charge in [0, 0.05) is 30.6 Å².